The van der Waals surface area contributed by atoms with Gasteiger partial charge >= 0.3 is 0 Å². The number of aryl methyl sites for hydroxylation is 1. The maximum Gasteiger partial charge on any atom is 0.251 e. The summed E-state index contributed by atoms with van der Waals surface area (Å²) in [4.78, 5) is 21.2. The van der Waals surface area contributed by atoms with Crippen LogP contribution in [0.1, 0.15) is 58.8 Å². The van der Waals surface area contributed by atoms with Crippen molar-refractivity contribution >= 4 is 16.8 Å². The minimum Gasteiger partial charge on any atom is -0.496 e. The Balaban J connectivity index is 1.20. The van der Waals surface area contributed by atoms with E-state index in [-0.39, 0.29) is 23.3 Å². The Morgan fingerprint density at radius 3 is 2.68 bits per heavy atom. The monoisotopic (exact) mass is 555 g/mol. The summed E-state index contributed by atoms with van der Waals surface area (Å²) in [6, 6.07) is 15.2. The van der Waals surface area contributed by atoms with Crippen molar-refractivity contribution in [3.05, 3.63) is 64.8 Å². The Labute approximate surface area is 242 Å². The fourth-order valence-corrected chi connectivity index (χ4v) is 7.24. The number of nitriles is 1. The number of likely N-dealkylation sites (tertiary alicyclic amines) is 1. The zero-order valence-electron chi connectivity index (χ0n) is 24.2. The van der Waals surface area contributed by atoms with Gasteiger partial charge in [0.1, 0.15) is 5.75 Å². The van der Waals surface area contributed by atoms with Crippen molar-refractivity contribution in [2.24, 2.45) is 11.3 Å². The highest BCUT2D eigenvalue weighted by Crippen LogP contribution is 2.56. The van der Waals surface area contributed by atoms with E-state index in [1.807, 2.05) is 18.3 Å². The molecule has 2 aliphatic heterocycles. The number of H-pyrrole nitrogens is 1. The van der Waals surface area contributed by atoms with Gasteiger partial charge in [-0.2, -0.15) is 5.26 Å². The third kappa shape index (κ3) is 5.72. The molecular formula is C33H41N5O3. The smallest absolute Gasteiger partial charge is 0.251 e. The van der Waals surface area contributed by atoms with E-state index in [1.54, 1.807) is 7.11 Å². The molecule has 216 valence electrons. The molecule has 8 nitrogen and oxygen atoms in total. The summed E-state index contributed by atoms with van der Waals surface area (Å²) in [5.41, 5.74) is 5.69. The predicted octanol–water partition coefficient (Wildman–Crippen LogP) is 4.80. The van der Waals surface area contributed by atoms with Crippen LogP contribution in [0.3, 0.4) is 0 Å². The summed E-state index contributed by atoms with van der Waals surface area (Å²) in [5, 5.41) is 13.8. The second-order valence-corrected chi connectivity index (χ2v) is 12.1. The van der Waals surface area contributed by atoms with Crippen molar-refractivity contribution in [1.82, 2.24) is 20.1 Å². The van der Waals surface area contributed by atoms with Gasteiger partial charge in [0.25, 0.3) is 5.91 Å². The van der Waals surface area contributed by atoms with Gasteiger partial charge in [-0.05, 0) is 80.0 Å². The Bertz CT molecular complexity index is 1410. The Hall–Kier alpha value is -3.38. The average molecular weight is 556 g/mol. The Kier molecular flexibility index (Phi) is 8.03. The predicted molar refractivity (Wildman–Crippen MR) is 159 cm³/mol. The van der Waals surface area contributed by atoms with Crippen LogP contribution in [0.25, 0.3) is 10.9 Å². The molecule has 1 spiro atoms. The minimum atomic E-state index is -0.0307. The van der Waals surface area contributed by atoms with E-state index in [0.29, 0.717) is 12.1 Å². The Morgan fingerprint density at radius 2 is 1.95 bits per heavy atom. The summed E-state index contributed by atoms with van der Waals surface area (Å²) in [6.07, 6.45) is 6.13. The van der Waals surface area contributed by atoms with Crippen molar-refractivity contribution in [2.45, 2.75) is 45.2 Å². The number of aromatic amines is 1. The number of amides is 1. The normalized spacial score (nSPS) is 25.1. The third-order valence-electron chi connectivity index (χ3n) is 9.61. The summed E-state index contributed by atoms with van der Waals surface area (Å²) in [7, 11) is 1.75. The topological polar surface area (TPSA) is 93.6 Å². The summed E-state index contributed by atoms with van der Waals surface area (Å²) in [6.45, 7) is 8.70. The van der Waals surface area contributed by atoms with Crippen molar-refractivity contribution in [3.8, 4) is 11.8 Å². The van der Waals surface area contributed by atoms with Crippen LogP contribution in [0, 0.1) is 29.6 Å². The van der Waals surface area contributed by atoms with Crippen LogP contribution >= 0.6 is 0 Å². The molecule has 1 amide bonds. The molecular weight excluding hydrogens is 514 g/mol. The molecule has 0 bridgehead atoms. The fraction of sp³-hybridized carbons (Fsp3) is 0.515. The van der Waals surface area contributed by atoms with Crippen LogP contribution in [0.5, 0.6) is 5.75 Å². The molecule has 2 N–H and O–H groups in total. The minimum absolute atomic E-state index is 0.0307. The van der Waals surface area contributed by atoms with E-state index in [4.69, 9.17) is 9.47 Å². The number of methoxy groups -OCH3 is 1. The number of nitrogens with zero attached hydrogens (tertiary/aromatic N) is 3. The highest BCUT2D eigenvalue weighted by atomic mass is 16.5. The van der Waals surface area contributed by atoms with E-state index in [1.165, 1.54) is 22.1 Å². The zero-order valence-corrected chi connectivity index (χ0v) is 24.2. The van der Waals surface area contributed by atoms with Gasteiger partial charge in [-0.3, -0.25) is 14.6 Å². The quantitative estimate of drug-likeness (QED) is 0.415. The number of aromatic nitrogens is 1. The van der Waals surface area contributed by atoms with E-state index in [0.717, 1.165) is 82.9 Å². The van der Waals surface area contributed by atoms with Crippen LogP contribution < -0.4 is 10.1 Å². The molecule has 3 aliphatic rings. The Morgan fingerprint density at radius 1 is 1.17 bits per heavy atom. The first-order valence-electron chi connectivity index (χ1n) is 14.9. The first-order valence-corrected chi connectivity index (χ1v) is 14.9. The van der Waals surface area contributed by atoms with Gasteiger partial charge in [-0.1, -0.05) is 12.1 Å². The molecule has 1 aliphatic carbocycles. The molecule has 3 aromatic rings. The van der Waals surface area contributed by atoms with Crippen LogP contribution in [-0.2, 0) is 11.3 Å². The number of rotatable bonds is 8. The second-order valence-electron chi connectivity index (χ2n) is 12.1. The number of morpholine rings is 1. The van der Waals surface area contributed by atoms with Crippen LogP contribution in [0.2, 0.25) is 0 Å². The van der Waals surface area contributed by atoms with Gasteiger partial charge in [0.2, 0.25) is 0 Å². The van der Waals surface area contributed by atoms with Gasteiger partial charge < -0.3 is 19.8 Å². The number of benzene rings is 2. The van der Waals surface area contributed by atoms with E-state index in [9.17, 15) is 10.1 Å². The van der Waals surface area contributed by atoms with Gasteiger partial charge in [0.15, 0.2) is 0 Å². The molecule has 1 aromatic heterocycles. The molecule has 2 saturated heterocycles. The molecule has 1 atom stereocenters. The molecule has 8 heteroatoms. The highest BCUT2D eigenvalue weighted by Gasteiger charge is 2.49. The number of hydrogen-bond acceptors (Lipinski definition) is 6. The zero-order chi connectivity index (χ0) is 28.4. The summed E-state index contributed by atoms with van der Waals surface area (Å²) < 4.78 is 11.3. The van der Waals surface area contributed by atoms with Crippen LogP contribution in [0.15, 0.2) is 42.6 Å². The number of ether oxygens (including phenoxy) is 2. The molecule has 1 saturated carbocycles. The average Bonchev–Trinajstić information content (AvgIpc) is 3.49. The number of nitrogens with one attached hydrogen (secondary N) is 2. The molecule has 6 rings (SSSR count). The van der Waals surface area contributed by atoms with Crippen molar-refractivity contribution in [2.75, 3.05) is 53.0 Å². The summed E-state index contributed by atoms with van der Waals surface area (Å²) in [5.74, 6) is 1.07. The molecule has 3 heterocycles. The first kappa shape index (κ1) is 27.8. The molecule has 0 radical (unpaired) electrons. The molecule has 41 heavy (non-hydrogen) atoms. The van der Waals surface area contributed by atoms with Crippen molar-refractivity contribution < 1.29 is 14.3 Å². The number of piperidine rings is 1. The third-order valence-corrected chi connectivity index (χ3v) is 9.61. The van der Waals surface area contributed by atoms with E-state index in [2.05, 4.69) is 57.4 Å². The number of carbonyl (C=O) groups excluding carboxylic acids is 1. The van der Waals surface area contributed by atoms with Gasteiger partial charge in [0, 0.05) is 72.9 Å². The van der Waals surface area contributed by atoms with Gasteiger partial charge in [0.05, 0.1) is 26.4 Å². The van der Waals surface area contributed by atoms with E-state index >= 15 is 0 Å². The molecule has 2 aromatic carbocycles. The lowest BCUT2D eigenvalue weighted by molar-refractivity contribution is -0.0298. The largest absolute Gasteiger partial charge is 0.496 e. The highest BCUT2D eigenvalue weighted by molar-refractivity contribution is 5.94. The summed E-state index contributed by atoms with van der Waals surface area (Å²) >= 11 is 0. The number of hydrogen-bond donors (Lipinski definition) is 2. The lowest BCUT2D eigenvalue weighted by Crippen LogP contribution is -2.48. The SMILES string of the molecule is COc1cc(C)c2[nH]ccc2c1CN1CCC2(CC(C#N)C2)C[C@H]1c1ccc(C(=O)NCCN2CCOCC2)cc1. The van der Waals surface area contributed by atoms with Gasteiger partial charge in [-0.25, -0.2) is 0 Å². The lowest BCUT2D eigenvalue weighted by atomic mass is 9.56. The fourth-order valence-electron chi connectivity index (χ4n) is 7.24. The van der Waals surface area contributed by atoms with Gasteiger partial charge in [-0.15, -0.1) is 0 Å². The maximum absolute atomic E-state index is 12.9. The van der Waals surface area contributed by atoms with Crippen LogP contribution in [-0.4, -0.2) is 73.7 Å². The molecule has 3 fully saturated rings. The standard InChI is InChI=1S/C33H41N5O3/c1-23-17-30(40-2)28(27-7-9-35-31(23)27)22-38-11-8-33(18-24(19-33)21-34)20-29(38)25-3-5-26(6-4-25)32(39)36-10-12-37-13-15-41-16-14-37/h3-7,9,17,24,29,35H,8,10-16,18-20,22H2,1-2H3,(H,36,39)/t24?,29-,33?/m0/s1. The van der Waals surface area contributed by atoms with Crippen molar-refractivity contribution in [1.29, 1.82) is 5.26 Å². The first-order chi connectivity index (χ1) is 20.0. The second kappa shape index (κ2) is 11.8. The maximum atomic E-state index is 12.9. The van der Waals surface area contributed by atoms with Crippen molar-refractivity contribution in [3.63, 3.8) is 0 Å². The van der Waals surface area contributed by atoms with E-state index < -0.39 is 0 Å². The molecule has 0 unspecified atom stereocenters. The van der Waals surface area contributed by atoms with Crippen LogP contribution in [0.4, 0.5) is 0 Å². The number of fused-ring (bicyclic) bond motifs is 1. The lowest BCUT2D eigenvalue weighted by Gasteiger charge is -2.53. The number of carbonyl (C=O) groups is 1.